The molecule has 1 N–H and O–H groups in total. The highest BCUT2D eigenvalue weighted by atomic mass is 16.6. The summed E-state index contributed by atoms with van der Waals surface area (Å²) in [4.78, 5) is 16.8. The molecule has 0 saturated carbocycles. The van der Waals surface area contributed by atoms with Gasteiger partial charge in [0.1, 0.15) is 5.75 Å². The normalized spacial score (nSPS) is 10.4. The maximum atomic E-state index is 11.8. The summed E-state index contributed by atoms with van der Waals surface area (Å²) in [6.07, 6.45) is 1.49. The summed E-state index contributed by atoms with van der Waals surface area (Å²) in [5, 5.41) is 6.48. The number of hydrogen-bond donors (Lipinski definition) is 1. The van der Waals surface area contributed by atoms with Crippen molar-refractivity contribution in [2.45, 2.75) is 0 Å². The molecule has 25 heavy (non-hydrogen) atoms. The van der Waals surface area contributed by atoms with Crippen LogP contribution in [-0.2, 0) is 9.63 Å². The second-order valence-electron chi connectivity index (χ2n) is 4.90. The third-order valence-corrected chi connectivity index (χ3v) is 3.23. The number of nitrogens with zero attached hydrogens (tertiary/aromatic N) is 1. The summed E-state index contributed by atoms with van der Waals surface area (Å²) in [7, 11) is 4.68. The van der Waals surface area contributed by atoms with Crippen molar-refractivity contribution in [1.29, 1.82) is 0 Å². The van der Waals surface area contributed by atoms with Crippen LogP contribution in [0.5, 0.6) is 17.2 Å². The zero-order valence-electron chi connectivity index (χ0n) is 14.3. The fourth-order valence-electron chi connectivity index (χ4n) is 2.03. The van der Waals surface area contributed by atoms with Gasteiger partial charge in [-0.2, -0.15) is 0 Å². The SMILES string of the molecule is COc1cccc(NC(=O)CO/N=C\c2ccc(OC)c(OC)c2)c1. The maximum absolute atomic E-state index is 11.8. The number of ether oxygens (including phenoxy) is 3. The summed E-state index contributed by atoms with van der Waals surface area (Å²) in [6, 6.07) is 12.4. The number of hydrogen-bond acceptors (Lipinski definition) is 6. The van der Waals surface area contributed by atoms with Gasteiger partial charge in [-0.15, -0.1) is 0 Å². The van der Waals surface area contributed by atoms with E-state index in [1.165, 1.54) is 6.21 Å². The van der Waals surface area contributed by atoms with Crippen molar-refractivity contribution in [3.05, 3.63) is 48.0 Å². The Morgan fingerprint density at radius 2 is 1.84 bits per heavy atom. The number of rotatable bonds is 8. The van der Waals surface area contributed by atoms with Gasteiger partial charge in [0, 0.05) is 17.3 Å². The van der Waals surface area contributed by atoms with Crippen LogP contribution in [0.1, 0.15) is 5.56 Å². The number of anilines is 1. The monoisotopic (exact) mass is 344 g/mol. The lowest BCUT2D eigenvalue weighted by Crippen LogP contribution is -2.16. The van der Waals surface area contributed by atoms with Gasteiger partial charge in [0.2, 0.25) is 0 Å². The van der Waals surface area contributed by atoms with E-state index in [0.29, 0.717) is 22.9 Å². The molecule has 0 aliphatic rings. The third-order valence-electron chi connectivity index (χ3n) is 3.23. The number of amides is 1. The number of carbonyl (C=O) groups is 1. The van der Waals surface area contributed by atoms with Crippen LogP contribution in [0.2, 0.25) is 0 Å². The van der Waals surface area contributed by atoms with Gasteiger partial charge in [-0.25, -0.2) is 0 Å². The van der Waals surface area contributed by atoms with Gasteiger partial charge in [-0.1, -0.05) is 11.2 Å². The van der Waals surface area contributed by atoms with Crippen LogP contribution in [0.25, 0.3) is 0 Å². The highest BCUT2D eigenvalue weighted by molar-refractivity contribution is 5.92. The quantitative estimate of drug-likeness (QED) is 0.588. The predicted octanol–water partition coefficient (Wildman–Crippen LogP) is 2.70. The average molecular weight is 344 g/mol. The molecule has 2 aromatic rings. The number of benzene rings is 2. The zero-order valence-corrected chi connectivity index (χ0v) is 14.3. The predicted molar refractivity (Wildman–Crippen MR) is 94.7 cm³/mol. The summed E-state index contributed by atoms with van der Waals surface area (Å²) >= 11 is 0. The average Bonchev–Trinajstić information content (AvgIpc) is 2.65. The molecule has 7 heteroatoms. The van der Waals surface area contributed by atoms with E-state index in [1.54, 1.807) is 63.8 Å². The first kappa shape index (κ1) is 18.1. The van der Waals surface area contributed by atoms with Crippen molar-refractivity contribution in [2.24, 2.45) is 5.16 Å². The number of nitrogens with one attached hydrogen (secondary N) is 1. The summed E-state index contributed by atoms with van der Waals surface area (Å²) < 4.78 is 15.5. The van der Waals surface area contributed by atoms with Gasteiger partial charge in [-0.3, -0.25) is 4.79 Å². The molecule has 7 nitrogen and oxygen atoms in total. The maximum Gasteiger partial charge on any atom is 0.265 e. The zero-order chi connectivity index (χ0) is 18.1. The first-order valence-electron chi connectivity index (χ1n) is 7.47. The lowest BCUT2D eigenvalue weighted by atomic mass is 10.2. The second kappa shape index (κ2) is 9.17. The molecule has 2 rings (SSSR count). The van der Waals surface area contributed by atoms with Gasteiger partial charge < -0.3 is 24.4 Å². The Morgan fingerprint density at radius 1 is 1.04 bits per heavy atom. The minimum Gasteiger partial charge on any atom is -0.497 e. The molecule has 0 spiro atoms. The Hall–Kier alpha value is -3.22. The van der Waals surface area contributed by atoms with Gasteiger partial charge in [0.25, 0.3) is 5.91 Å². The van der Waals surface area contributed by atoms with Crippen LogP contribution in [0.15, 0.2) is 47.6 Å². The minimum absolute atomic E-state index is 0.207. The first-order chi connectivity index (χ1) is 12.2. The van der Waals surface area contributed by atoms with Gasteiger partial charge in [-0.05, 0) is 30.3 Å². The fourth-order valence-corrected chi connectivity index (χ4v) is 2.03. The Morgan fingerprint density at radius 3 is 2.56 bits per heavy atom. The smallest absolute Gasteiger partial charge is 0.265 e. The van der Waals surface area contributed by atoms with Crippen molar-refractivity contribution in [3.63, 3.8) is 0 Å². The van der Waals surface area contributed by atoms with Crippen molar-refractivity contribution in [3.8, 4) is 17.2 Å². The van der Waals surface area contributed by atoms with Crippen molar-refractivity contribution >= 4 is 17.8 Å². The molecule has 1 amide bonds. The molecular weight excluding hydrogens is 324 g/mol. The van der Waals surface area contributed by atoms with E-state index in [1.807, 2.05) is 0 Å². The first-order valence-corrected chi connectivity index (χ1v) is 7.47. The Balaban J connectivity index is 1.85. The number of oxime groups is 1. The Labute approximate surface area is 146 Å². The van der Waals surface area contributed by atoms with Crippen molar-refractivity contribution in [2.75, 3.05) is 33.3 Å². The lowest BCUT2D eigenvalue weighted by Gasteiger charge is -2.07. The molecule has 132 valence electrons. The van der Waals surface area contributed by atoms with Crippen LogP contribution in [0.4, 0.5) is 5.69 Å². The molecule has 2 aromatic carbocycles. The molecule has 0 aromatic heterocycles. The Bertz CT molecular complexity index is 746. The van der Waals surface area contributed by atoms with Gasteiger partial charge in [0.15, 0.2) is 18.1 Å². The van der Waals surface area contributed by atoms with E-state index in [-0.39, 0.29) is 12.5 Å². The standard InChI is InChI=1S/C18H20N2O5/c1-22-15-6-4-5-14(10-15)20-18(21)12-25-19-11-13-7-8-16(23-2)17(9-13)24-3/h4-11H,12H2,1-3H3,(H,20,21)/b19-11-. The van der Waals surface area contributed by atoms with Crippen LogP contribution in [0, 0.1) is 0 Å². The number of methoxy groups -OCH3 is 3. The minimum atomic E-state index is -0.322. The number of carbonyl (C=O) groups excluding carboxylic acids is 1. The second-order valence-corrected chi connectivity index (χ2v) is 4.90. The van der Waals surface area contributed by atoms with Crippen LogP contribution >= 0.6 is 0 Å². The third kappa shape index (κ3) is 5.42. The fraction of sp³-hybridized carbons (Fsp3) is 0.222. The molecule has 0 heterocycles. The van der Waals surface area contributed by atoms with Crippen molar-refractivity contribution < 1.29 is 23.8 Å². The molecule has 0 bridgehead atoms. The molecule has 0 aliphatic carbocycles. The summed E-state index contributed by atoms with van der Waals surface area (Å²) in [5.41, 5.74) is 1.38. The molecule has 0 saturated heterocycles. The Kier molecular flexibility index (Phi) is 6.65. The topological polar surface area (TPSA) is 78.4 Å². The van der Waals surface area contributed by atoms with E-state index in [9.17, 15) is 4.79 Å². The molecular formula is C18H20N2O5. The summed E-state index contributed by atoms with van der Waals surface area (Å²) in [6.45, 7) is -0.207. The molecule has 0 fully saturated rings. The van der Waals surface area contributed by atoms with Gasteiger partial charge in [0.05, 0.1) is 27.5 Å². The van der Waals surface area contributed by atoms with Crippen LogP contribution < -0.4 is 19.5 Å². The van der Waals surface area contributed by atoms with Crippen molar-refractivity contribution in [1.82, 2.24) is 0 Å². The highest BCUT2D eigenvalue weighted by Gasteiger charge is 2.05. The van der Waals surface area contributed by atoms with Crippen LogP contribution in [-0.4, -0.2) is 40.1 Å². The lowest BCUT2D eigenvalue weighted by molar-refractivity contribution is -0.120. The summed E-state index contributed by atoms with van der Waals surface area (Å²) in [5.74, 6) is 1.54. The molecule has 0 unspecified atom stereocenters. The molecule has 0 aliphatic heterocycles. The van der Waals surface area contributed by atoms with Crippen LogP contribution in [0.3, 0.4) is 0 Å². The molecule has 0 atom stereocenters. The highest BCUT2D eigenvalue weighted by Crippen LogP contribution is 2.26. The molecule has 0 radical (unpaired) electrons. The largest absolute Gasteiger partial charge is 0.497 e. The van der Waals surface area contributed by atoms with E-state index < -0.39 is 0 Å². The van der Waals surface area contributed by atoms with Gasteiger partial charge >= 0.3 is 0 Å². The van der Waals surface area contributed by atoms with E-state index in [0.717, 1.165) is 5.56 Å². The van der Waals surface area contributed by atoms with E-state index in [4.69, 9.17) is 19.0 Å². The van der Waals surface area contributed by atoms with E-state index in [2.05, 4.69) is 10.5 Å². The van der Waals surface area contributed by atoms with E-state index >= 15 is 0 Å².